The summed E-state index contributed by atoms with van der Waals surface area (Å²) < 4.78 is 27.4. The molecule has 3 atom stereocenters. The average molecular weight is 452 g/mol. The summed E-state index contributed by atoms with van der Waals surface area (Å²) in [5.41, 5.74) is -0.816. The Morgan fingerprint density at radius 2 is 2.00 bits per heavy atom. The number of halogens is 3. The maximum absolute atomic E-state index is 14.2. The van der Waals surface area contributed by atoms with Crippen LogP contribution < -0.4 is 5.32 Å². The molecule has 0 radical (unpaired) electrons. The molecule has 132 valence electrons. The van der Waals surface area contributed by atoms with Crippen molar-refractivity contribution in [2.75, 3.05) is 0 Å². The minimum Gasteiger partial charge on any atom is -0.465 e. The fourth-order valence-electron chi connectivity index (χ4n) is 3.01. The van der Waals surface area contributed by atoms with Crippen LogP contribution in [0.3, 0.4) is 0 Å². The Kier molecular flexibility index (Phi) is 5.36. The highest BCUT2D eigenvalue weighted by Gasteiger charge is 2.44. The van der Waals surface area contributed by atoms with Crippen molar-refractivity contribution < 1.29 is 23.5 Å². The Hall–Kier alpha value is -1.45. The van der Waals surface area contributed by atoms with Crippen LogP contribution in [0, 0.1) is 11.6 Å². The van der Waals surface area contributed by atoms with Crippen molar-refractivity contribution in [3.63, 3.8) is 0 Å². The summed E-state index contributed by atoms with van der Waals surface area (Å²) in [6.07, 6.45) is -0.953. The molecule has 1 heterocycles. The number of piperidine rings is 1. The Morgan fingerprint density at radius 3 is 2.54 bits per heavy atom. The molecule has 8 heteroatoms. The van der Waals surface area contributed by atoms with Crippen LogP contribution in [-0.4, -0.2) is 37.5 Å². The molecule has 1 aromatic rings. The summed E-state index contributed by atoms with van der Waals surface area (Å²) in [7, 11) is 0. The number of benzene rings is 1. The van der Waals surface area contributed by atoms with E-state index in [1.54, 1.807) is 20.8 Å². The number of amides is 2. The van der Waals surface area contributed by atoms with E-state index in [4.69, 9.17) is 0 Å². The topological polar surface area (TPSA) is 69.6 Å². The maximum Gasteiger partial charge on any atom is 0.408 e. The molecule has 0 saturated carbocycles. The third-order valence-electron chi connectivity index (χ3n) is 3.97. The van der Waals surface area contributed by atoms with Crippen LogP contribution in [0.1, 0.15) is 38.8 Å². The van der Waals surface area contributed by atoms with Crippen molar-refractivity contribution in [2.24, 2.45) is 0 Å². The zero-order valence-corrected chi connectivity index (χ0v) is 15.7. The van der Waals surface area contributed by atoms with Gasteiger partial charge in [-0.15, -0.1) is 0 Å². The lowest BCUT2D eigenvalue weighted by Crippen LogP contribution is -2.60. The molecule has 1 saturated heterocycles. The molecule has 1 aromatic carbocycles. The van der Waals surface area contributed by atoms with E-state index in [-0.39, 0.29) is 17.9 Å². The van der Waals surface area contributed by atoms with Gasteiger partial charge in [-0.1, -0.05) is 22.6 Å². The Balaban J connectivity index is 2.54. The van der Waals surface area contributed by atoms with Gasteiger partial charge in [0.25, 0.3) is 0 Å². The van der Waals surface area contributed by atoms with Crippen LogP contribution in [0.25, 0.3) is 0 Å². The minimum absolute atomic E-state index is 0.0489. The highest BCUT2D eigenvalue weighted by molar-refractivity contribution is 14.1. The summed E-state index contributed by atoms with van der Waals surface area (Å²) in [5.74, 6) is -1.65. The van der Waals surface area contributed by atoms with E-state index in [2.05, 4.69) is 5.32 Å². The fourth-order valence-corrected chi connectivity index (χ4v) is 3.71. The average Bonchev–Trinajstić information content (AvgIpc) is 2.43. The Bertz CT molecular complexity index is 663. The lowest BCUT2D eigenvalue weighted by molar-refractivity contribution is -0.124. The second kappa shape index (κ2) is 6.81. The van der Waals surface area contributed by atoms with Gasteiger partial charge in [-0.3, -0.25) is 9.69 Å². The van der Waals surface area contributed by atoms with Crippen LogP contribution in [0.15, 0.2) is 18.2 Å². The molecule has 0 bridgehead atoms. The standard InChI is InChI=1S/C16H19F2IN2O3/c1-16(2,3)21(15(23)24)12-7-11(19)14(22)20-13(12)9-6-8(17)4-5-10(9)18/h4-6,11-13H,7H2,1-3H3,(H,20,22)(H,23,24)/t11?,12-,13-/m0/s1. The fraction of sp³-hybridized carbons (Fsp3) is 0.500. The van der Waals surface area contributed by atoms with Gasteiger partial charge < -0.3 is 10.4 Å². The van der Waals surface area contributed by atoms with Gasteiger partial charge in [-0.05, 0) is 45.4 Å². The summed E-state index contributed by atoms with van der Waals surface area (Å²) in [6.45, 7) is 5.16. The van der Waals surface area contributed by atoms with Gasteiger partial charge in [0, 0.05) is 11.1 Å². The van der Waals surface area contributed by atoms with Crippen LogP contribution in [-0.2, 0) is 4.79 Å². The molecule has 5 nitrogen and oxygen atoms in total. The van der Waals surface area contributed by atoms with Crippen LogP contribution in [0.5, 0.6) is 0 Å². The van der Waals surface area contributed by atoms with Gasteiger partial charge >= 0.3 is 6.09 Å². The number of carboxylic acid groups (broad SMARTS) is 1. The molecule has 1 aliphatic rings. The van der Waals surface area contributed by atoms with Crippen molar-refractivity contribution in [1.82, 2.24) is 10.2 Å². The molecule has 0 spiro atoms. The molecule has 1 unspecified atom stereocenters. The number of nitrogens with one attached hydrogen (secondary N) is 1. The molecule has 24 heavy (non-hydrogen) atoms. The van der Waals surface area contributed by atoms with Crippen LogP contribution in [0.4, 0.5) is 13.6 Å². The number of nitrogens with zero attached hydrogens (tertiary/aromatic N) is 1. The predicted octanol–water partition coefficient (Wildman–Crippen LogP) is 3.48. The van der Waals surface area contributed by atoms with Gasteiger partial charge in [0.15, 0.2) is 0 Å². The molecular formula is C16H19F2IN2O3. The van der Waals surface area contributed by atoms with E-state index in [0.29, 0.717) is 0 Å². The Labute approximate surface area is 152 Å². The third-order valence-corrected chi connectivity index (χ3v) is 5.04. The first-order valence-corrected chi connectivity index (χ1v) is 8.68. The van der Waals surface area contributed by atoms with E-state index >= 15 is 0 Å². The van der Waals surface area contributed by atoms with Crippen molar-refractivity contribution in [2.45, 2.75) is 48.7 Å². The SMILES string of the molecule is CC(C)(C)N(C(=O)O)[C@H]1CC(I)C(=O)N[C@H]1c1cc(F)ccc1F. The number of carbonyl (C=O) groups is 2. The monoisotopic (exact) mass is 452 g/mol. The zero-order chi connectivity index (χ0) is 18.2. The first-order valence-electron chi connectivity index (χ1n) is 7.44. The highest BCUT2D eigenvalue weighted by Crippen LogP contribution is 2.35. The lowest BCUT2D eigenvalue weighted by atomic mass is 9.88. The van der Waals surface area contributed by atoms with Gasteiger partial charge in [-0.2, -0.15) is 0 Å². The summed E-state index contributed by atoms with van der Waals surface area (Å²) in [4.78, 5) is 25.1. The normalized spacial score (nSPS) is 24.4. The molecule has 1 fully saturated rings. The van der Waals surface area contributed by atoms with Gasteiger partial charge in [0.05, 0.1) is 16.0 Å². The molecule has 2 rings (SSSR count). The number of hydrogen-bond donors (Lipinski definition) is 2. The lowest BCUT2D eigenvalue weighted by Gasteiger charge is -2.46. The predicted molar refractivity (Wildman–Crippen MR) is 93.1 cm³/mol. The van der Waals surface area contributed by atoms with E-state index in [0.717, 1.165) is 18.2 Å². The minimum atomic E-state index is -1.17. The van der Waals surface area contributed by atoms with Crippen molar-refractivity contribution >= 4 is 34.6 Å². The van der Waals surface area contributed by atoms with Crippen LogP contribution >= 0.6 is 22.6 Å². The summed E-state index contributed by atoms with van der Waals surface area (Å²) >= 11 is 1.93. The van der Waals surface area contributed by atoms with E-state index in [1.807, 2.05) is 22.6 Å². The second-order valence-electron chi connectivity index (χ2n) is 6.75. The van der Waals surface area contributed by atoms with E-state index < -0.39 is 39.3 Å². The largest absolute Gasteiger partial charge is 0.465 e. The Morgan fingerprint density at radius 1 is 1.38 bits per heavy atom. The van der Waals surface area contributed by atoms with Crippen molar-refractivity contribution in [3.8, 4) is 0 Å². The maximum atomic E-state index is 14.2. The number of hydrogen-bond acceptors (Lipinski definition) is 2. The molecule has 0 aromatic heterocycles. The zero-order valence-electron chi connectivity index (χ0n) is 13.5. The van der Waals surface area contributed by atoms with E-state index in [1.165, 1.54) is 4.90 Å². The summed E-state index contributed by atoms with van der Waals surface area (Å²) in [6, 6.07) is 1.31. The van der Waals surface area contributed by atoms with Gasteiger partial charge in [0.2, 0.25) is 5.91 Å². The summed E-state index contributed by atoms with van der Waals surface area (Å²) in [5, 5.41) is 12.3. The van der Waals surface area contributed by atoms with Crippen LogP contribution in [0.2, 0.25) is 0 Å². The molecule has 1 aliphatic heterocycles. The third kappa shape index (κ3) is 3.79. The number of rotatable bonds is 2. The quantitative estimate of drug-likeness (QED) is 0.534. The van der Waals surface area contributed by atoms with E-state index in [9.17, 15) is 23.5 Å². The number of alkyl halides is 1. The highest BCUT2D eigenvalue weighted by atomic mass is 127. The van der Waals surface area contributed by atoms with Crippen molar-refractivity contribution in [3.05, 3.63) is 35.4 Å². The van der Waals surface area contributed by atoms with Gasteiger partial charge in [-0.25, -0.2) is 13.6 Å². The van der Waals surface area contributed by atoms with Gasteiger partial charge in [0.1, 0.15) is 11.6 Å². The molecule has 2 amide bonds. The first-order chi connectivity index (χ1) is 11.0. The molecule has 0 aliphatic carbocycles. The first kappa shape index (κ1) is 18.9. The second-order valence-corrected chi connectivity index (χ2v) is 8.25. The molecule has 2 N–H and O–H groups in total. The molecular weight excluding hydrogens is 433 g/mol. The van der Waals surface area contributed by atoms with Crippen molar-refractivity contribution in [1.29, 1.82) is 0 Å². The smallest absolute Gasteiger partial charge is 0.408 e. The number of carbonyl (C=O) groups excluding carboxylic acids is 1.